The predicted octanol–water partition coefficient (Wildman–Crippen LogP) is 1.92. The molecule has 6 heteroatoms. The summed E-state index contributed by atoms with van der Waals surface area (Å²) in [6.45, 7) is 0. The zero-order chi connectivity index (χ0) is 16.8. The number of carbonyl (C=O) groups is 1. The molecular weight excluding hydrogens is 302 g/mol. The Labute approximate surface area is 142 Å². The first kappa shape index (κ1) is 15.6. The van der Waals surface area contributed by atoms with Crippen molar-refractivity contribution in [3.8, 4) is 0 Å². The van der Waals surface area contributed by atoms with Gasteiger partial charge in [0.05, 0.1) is 6.20 Å². The largest absolute Gasteiger partial charge is 0.339 e. The first-order valence-electron chi connectivity index (χ1n) is 8.76. The zero-order valence-electron chi connectivity index (χ0n) is 14.6. The Balaban J connectivity index is 1.47. The van der Waals surface area contributed by atoms with Crippen LogP contribution >= 0.6 is 0 Å². The van der Waals surface area contributed by atoms with E-state index in [0.29, 0.717) is 23.3 Å². The number of rotatable bonds is 3. The van der Waals surface area contributed by atoms with Crippen molar-refractivity contribution in [2.75, 3.05) is 21.1 Å². The Morgan fingerprint density at radius 1 is 1.12 bits per heavy atom. The molecule has 2 fully saturated rings. The Hall–Kier alpha value is -1.95. The van der Waals surface area contributed by atoms with Crippen molar-refractivity contribution in [3.63, 3.8) is 0 Å². The molecule has 6 nitrogen and oxygen atoms in total. The fourth-order valence-corrected chi connectivity index (χ4v) is 4.62. The molecule has 0 spiro atoms. The van der Waals surface area contributed by atoms with Gasteiger partial charge >= 0.3 is 0 Å². The van der Waals surface area contributed by atoms with Crippen molar-refractivity contribution in [2.24, 2.45) is 11.8 Å². The van der Waals surface area contributed by atoms with E-state index < -0.39 is 0 Å². The van der Waals surface area contributed by atoms with Crippen molar-refractivity contribution in [1.29, 1.82) is 0 Å². The lowest BCUT2D eigenvalue weighted by atomic mass is 10.0. The molecule has 2 saturated carbocycles. The smallest absolute Gasteiger partial charge is 0.259 e. The van der Waals surface area contributed by atoms with E-state index in [9.17, 15) is 4.79 Å². The molecule has 0 saturated heterocycles. The molecule has 4 atom stereocenters. The third-order valence-corrected chi connectivity index (χ3v) is 6.07. The van der Waals surface area contributed by atoms with Crippen molar-refractivity contribution >= 4 is 11.6 Å². The molecule has 0 bridgehead atoms. The first-order chi connectivity index (χ1) is 11.5. The highest BCUT2D eigenvalue weighted by Crippen LogP contribution is 2.46. The van der Waals surface area contributed by atoms with E-state index in [4.69, 9.17) is 0 Å². The van der Waals surface area contributed by atoms with E-state index in [2.05, 4.69) is 29.1 Å². The van der Waals surface area contributed by atoms with Crippen LogP contribution in [0.1, 0.15) is 36.0 Å². The van der Waals surface area contributed by atoms with E-state index in [1.807, 2.05) is 24.2 Å². The van der Waals surface area contributed by atoms with Gasteiger partial charge in [0.1, 0.15) is 5.56 Å². The Bertz CT molecular complexity index is 741. The van der Waals surface area contributed by atoms with Crippen LogP contribution in [0.25, 0.3) is 5.65 Å². The summed E-state index contributed by atoms with van der Waals surface area (Å²) in [5.41, 5.74) is 1.24. The van der Waals surface area contributed by atoms with Crippen molar-refractivity contribution in [1.82, 2.24) is 24.4 Å². The minimum atomic E-state index is 0.0397. The standard InChI is InChI=1S/C18H25N5O/c1-21(2)14-7-12-9-15(10-13(12)8-14)22(3)18(24)16-11-20-23-6-4-5-19-17(16)23/h4-6,11-15H,7-10H2,1-3H3/t12-,13+,14?,15?. The predicted molar refractivity (Wildman–Crippen MR) is 91.8 cm³/mol. The van der Waals surface area contributed by atoms with Gasteiger partial charge in [-0.3, -0.25) is 4.79 Å². The highest BCUT2D eigenvalue weighted by Gasteiger charge is 2.44. The fourth-order valence-electron chi connectivity index (χ4n) is 4.62. The van der Waals surface area contributed by atoms with Crippen LogP contribution in [0, 0.1) is 11.8 Å². The number of fused-ring (bicyclic) bond motifs is 2. The SMILES string of the molecule is CN(C)C1C[C@@H]2CC(N(C)C(=O)c3cnn4cccnc34)C[C@@H]2C1. The molecule has 24 heavy (non-hydrogen) atoms. The summed E-state index contributed by atoms with van der Waals surface area (Å²) in [6, 6.07) is 2.87. The van der Waals surface area contributed by atoms with Gasteiger partial charge in [-0.25, -0.2) is 9.50 Å². The minimum absolute atomic E-state index is 0.0397. The van der Waals surface area contributed by atoms with Crippen LogP contribution in [0.2, 0.25) is 0 Å². The lowest BCUT2D eigenvalue weighted by Gasteiger charge is -2.26. The summed E-state index contributed by atoms with van der Waals surface area (Å²) in [6.07, 6.45) is 9.96. The minimum Gasteiger partial charge on any atom is -0.339 e. The lowest BCUT2D eigenvalue weighted by Crippen LogP contribution is -2.36. The molecule has 2 aromatic rings. The van der Waals surface area contributed by atoms with Gasteiger partial charge in [-0.1, -0.05) is 0 Å². The van der Waals surface area contributed by atoms with E-state index in [1.54, 1.807) is 16.9 Å². The molecule has 2 unspecified atom stereocenters. The highest BCUT2D eigenvalue weighted by atomic mass is 16.2. The summed E-state index contributed by atoms with van der Waals surface area (Å²) in [5.74, 6) is 1.57. The normalized spacial score (nSPS) is 29.3. The Morgan fingerprint density at radius 3 is 2.46 bits per heavy atom. The molecule has 2 heterocycles. The summed E-state index contributed by atoms with van der Waals surface area (Å²) in [4.78, 5) is 21.5. The third-order valence-electron chi connectivity index (χ3n) is 6.07. The summed E-state index contributed by atoms with van der Waals surface area (Å²) < 4.78 is 1.66. The maximum Gasteiger partial charge on any atom is 0.259 e. The highest BCUT2D eigenvalue weighted by molar-refractivity contribution is 5.99. The molecule has 128 valence electrons. The van der Waals surface area contributed by atoms with Crippen molar-refractivity contribution in [2.45, 2.75) is 37.8 Å². The van der Waals surface area contributed by atoms with Gasteiger partial charge in [0.2, 0.25) is 0 Å². The zero-order valence-corrected chi connectivity index (χ0v) is 14.6. The van der Waals surface area contributed by atoms with Crippen LogP contribution in [-0.2, 0) is 0 Å². The van der Waals surface area contributed by atoms with E-state index in [-0.39, 0.29) is 5.91 Å². The van der Waals surface area contributed by atoms with Crippen molar-refractivity contribution in [3.05, 3.63) is 30.2 Å². The fraction of sp³-hybridized carbons (Fsp3) is 0.611. The maximum atomic E-state index is 12.9. The molecule has 0 aromatic carbocycles. The summed E-state index contributed by atoms with van der Waals surface area (Å²) in [7, 11) is 6.29. The Morgan fingerprint density at radius 2 is 1.79 bits per heavy atom. The topological polar surface area (TPSA) is 53.7 Å². The number of aromatic nitrogens is 3. The average molecular weight is 327 g/mol. The monoisotopic (exact) mass is 327 g/mol. The van der Waals surface area contributed by atoms with Crippen LogP contribution in [0.5, 0.6) is 0 Å². The number of hydrogen-bond acceptors (Lipinski definition) is 4. The number of hydrogen-bond donors (Lipinski definition) is 0. The lowest BCUT2D eigenvalue weighted by molar-refractivity contribution is 0.0728. The molecule has 2 aromatic heterocycles. The molecule has 0 N–H and O–H groups in total. The molecule has 0 aliphatic heterocycles. The molecular formula is C18H25N5O. The van der Waals surface area contributed by atoms with Crippen LogP contribution in [0.15, 0.2) is 24.7 Å². The number of amides is 1. The second kappa shape index (κ2) is 5.84. The van der Waals surface area contributed by atoms with Gasteiger partial charge in [-0.15, -0.1) is 0 Å². The molecule has 1 amide bonds. The number of carbonyl (C=O) groups excluding carboxylic acids is 1. The maximum absolute atomic E-state index is 12.9. The van der Waals surface area contributed by atoms with Gasteiger partial charge in [0, 0.05) is 31.5 Å². The van der Waals surface area contributed by atoms with E-state index in [1.165, 1.54) is 12.8 Å². The van der Waals surface area contributed by atoms with Crippen LogP contribution in [0.4, 0.5) is 0 Å². The van der Waals surface area contributed by atoms with Gasteiger partial charge in [0.25, 0.3) is 5.91 Å². The second-order valence-corrected chi connectivity index (χ2v) is 7.60. The average Bonchev–Trinajstić information content (AvgIpc) is 3.25. The van der Waals surface area contributed by atoms with Gasteiger partial charge in [0.15, 0.2) is 5.65 Å². The molecule has 4 rings (SSSR count). The van der Waals surface area contributed by atoms with E-state index in [0.717, 1.165) is 24.7 Å². The van der Waals surface area contributed by atoms with Crippen LogP contribution in [-0.4, -0.2) is 63.5 Å². The van der Waals surface area contributed by atoms with Crippen molar-refractivity contribution < 1.29 is 4.79 Å². The molecule has 2 aliphatic carbocycles. The van der Waals surface area contributed by atoms with Crippen LogP contribution in [0.3, 0.4) is 0 Å². The van der Waals surface area contributed by atoms with Gasteiger partial charge in [-0.05, 0) is 57.7 Å². The summed E-state index contributed by atoms with van der Waals surface area (Å²) >= 11 is 0. The first-order valence-corrected chi connectivity index (χ1v) is 8.76. The third kappa shape index (κ3) is 2.49. The molecule has 0 radical (unpaired) electrons. The molecule has 2 aliphatic rings. The van der Waals surface area contributed by atoms with E-state index >= 15 is 0 Å². The quantitative estimate of drug-likeness (QED) is 0.864. The summed E-state index contributed by atoms with van der Waals surface area (Å²) in [5, 5.41) is 4.24. The van der Waals surface area contributed by atoms with Gasteiger partial charge < -0.3 is 9.80 Å². The van der Waals surface area contributed by atoms with Gasteiger partial charge in [-0.2, -0.15) is 5.10 Å². The van der Waals surface area contributed by atoms with Crippen LogP contribution < -0.4 is 0 Å². The second-order valence-electron chi connectivity index (χ2n) is 7.60. The Kier molecular flexibility index (Phi) is 3.79. The number of nitrogens with zero attached hydrogens (tertiary/aromatic N) is 5.